The smallest absolute Gasteiger partial charge is 0.423 e. The van der Waals surface area contributed by atoms with Crippen LogP contribution in [0.1, 0.15) is 37.3 Å². The van der Waals surface area contributed by atoms with Crippen molar-refractivity contribution in [1.82, 2.24) is 0 Å². The van der Waals surface area contributed by atoms with Crippen molar-refractivity contribution in [1.29, 1.82) is 0 Å². The minimum absolute atomic E-state index is 0.464. The maximum atomic E-state index is 9.60. The molecule has 1 aliphatic heterocycles. The quantitative estimate of drug-likeness (QED) is 0.644. The van der Waals surface area contributed by atoms with Gasteiger partial charge in [-0.2, -0.15) is 0 Å². The minimum Gasteiger partial charge on any atom is -0.423 e. The normalized spacial score (nSPS) is 14.3. The van der Waals surface area contributed by atoms with Crippen LogP contribution in [0.4, 0.5) is 0 Å². The van der Waals surface area contributed by atoms with Gasteiger partial charge in [0.25, 0.3) is 0 Å². The largest absolute Gasteiger partial charge is 0.491 e. The number of halogens is 1. The zero-order chi connectivity index (χ0) is 11.5. The van der Waals surface area contributed by atoms with Gasteiger partial charge in [0.15, 0.2) is 0 Å². The number of hydrogen-bond acceptors (Lipinski definition) is 2. The molecule has 2 nitrogen and oxygen atoms in total. The molecule has 0 saturated carbocycles. The van der Waals surface area contributed by atoms with Crippen LogP contribution in [-0.4, -0.2) is 12.1 Å². The minimum atomic E-state index is -0.766. The van der Waals surface area contributed by atoms with Crippen molar-refractivity contribution in [3.8, 4) is 0 Å². The summed E-state index contributed by atoms with van der Waals surface area (Å²) < 4.78 is 5.16. The molecule has 4 heteroatoms. The lowest BCUT2D eigenvalue weighted by Crippen LogP contribution is -2.28. The summed E-state index contributed by atoms with van der Waals surface area (Å²) in [4.78, 5) is 0. The first-order chi connectivity index (χ1) is 7.72. The summed E-state index contributed by atoms with van der Waals surface area (Å²) in [6.45, 7) is 2.65. The third-order valence-electron chi connectivity index (χ3n) is 3.02. The lowest BCUT2D eigenvalue weighted by Gasteiger charge is -2.07. The summed E-state index contributed by atoms with van der Waals surface area (Å²) >= 11 is 6.20. The molecule has 86 valence electrons. The van der Waals surface area contributed by atoms with Crippen molar-refractivity contribution in [3.05, 3.63) is 28.3 Å². The van der Waals surface area contributed by atoms with E-state index >= 15 is 0 Å². The van der Waals surface area contributed by atoms with Gasteiger partial charge in [-0.15, -0.1) is 0 Å². The highest BCUT2D eigenvalue weighted by molar-refractivity contribution is 6.61. The van der Waals surface area contributed by atoms with Crippen molar-refractivity contribution >= 4 is 24.2 Å². The van der Waals surface area contributed by atoms with E-state index in [1.54, 1.807) is 0 Å². The summed E-state index contributed by atoms with van der Waals surface area (Å²) in [5.41, 5.74) is 3.02. The van der Waals surface area contributed by atoms with Crippen LogP contribution in [0.15, 0.2) is 12.1 Å². The third kappa shape index (κ3) is 2.42. The summed E-state index contributed by atoms with van der Waals surface area (Å²) in [6.07, 6.45) is 4.54. The molecule has 2 rings (SSSR count). The predicted octanol–water partition coefficient (Wildman–Crippen LogP) is 2.29. The Morgan fingerprint density at radius 2 is 2.25 bits per heavy atom. The average molecular weight is 239 g/mol. The number of fused-ring (bicyclic) bond motifs is 1. The van der Waals surface area contributed by atoms with Gasteiger partial charge < -0.3 is 9.68 Å². The van der Waals surface area contributed by atoms with Crippen molar-refractivity contribution in [3.63, 3.8) is 0 Å². The van der Waals surface area contributed by atoms with Gasteiger partial charge >= 0.3 is 7.12 Å². The summed E-state index contributed by atoms with van der Waals surface area (Å²) in [7, 11) is -0.766. The van der Waals surface area contributed by atoms with Crippen molar-refractivity contribution in [2.45, 2.75) is 39.2 Å². The number of aryl methyl sites for hydroxylation is 1. The summed E-state index contributed by atoms with van der Waals surface area (Å²) in [6, 6.07) is 3.92. The van der Waals surface area contributed by atoms with Gasteiger partial charge in [0.1, 0.15) is 0 Å². The third-order valence-corrected chi connectivity index (χ3v) is 3.37. The molecule has 16 heavy (non-hydrogen) atoms. The number of benzene rings is 1. The van der Waals surface area contributed by atoms with Gasteiger partial charge in [-0.25, -0.2) is 0 Å². The van der Waals surface area contributed by atoms with Gasteiger partial charge in [0.2, 0.25) is 0 Å². The Balaban J connectivity index is 2.16. The molecule has 0 fully saturated rings. The molecule has 0 saturated heterocycles. The molecule has 0 amide bonds. The van der Waals surface area contributed by atoms with Crippen LogP contribution in [0.2, 0.25) is 5.02 Å². The Hall–Kier alpha value is -0.505. The second-order valence-electron chi connectivity index (χ2n) is 4.26. The molecule has 0 unspecified atom stereocenters. The molecule has 0 aromatic heterocycles. The van der Waals surface area contributed by atoms with Crippen LogP contribution in [0.5, 0.6) is 0 Å². The Bertz CT molecular complexity index is 382. The molecule has 0 atom stereocenters. The summed E-state index contributed by atoms with van der Waals surface area (Å²) in [5.74, 6) is 0. The topological polar surface area (TPSA) is 29.5 Å². The molecule has 0 bridgehead atoms. The van der Waals surface area contributed by atoms with Crippen LogP contribution in [-0.2, 0) is 17.7 Å². The highest BCUT2D eigenvalue weighted by atomic mass is 35.5. The fourth-order valence-electron chi connectivity index (χ4n) is 2.05. The lowest BCUT2D eigenvalue weighted by molar-refractivity contribution is 0.275. The van der Waals surface area contributed by atoms with Gasteiger partial charge in [-0.05, 0) is 35.5 Å². The molecule has 1 heterocycles. The van der Waals surface area contributed by atoms with Crippen LogP contribution < -0.4 is 5.46 Å². The lowest BCUT2D eigenvalue weighted by atomic mass is 9.78. The molecular formula is C12H16BClO2. The SMILES string of the molecule is CCCCCc1cc2c(cc1Cl)COB2O. The molecular weight excluding hydrogens is 222 g/mol. The van der Waals surface area contributed by atoms with Crippen LogP contribution in [0.25, 0.3) is 0 Å². The van der Waals surface area contributed by atoms with Crippen LogP contribution >= 0.6 is 11.6 Å². The zero-order valence-corrected chi connectivity index (χ0v) is 10.3. The number of hydrogen-bond donors (Lipinski definition) is 1. The Labute approximate surface area is 102 Å². The first kappa shape index (κ1) is 12.0. The maximum absolute atomic E-state index is 9.60. The van der Waals surface area contributed by atoms with E-state index in [0.717, 1.165) is 34.5 Å². The molecule has 0 radical (unpaired) electrons. The molecule has 1 aliphatic rings. The van der Waals surface area contributed by atoms with Gasteiger partial charge in [0.05, 0.1) is 6.61 Å². The Kier molecular flexibility index (Phi) is 3.90. The van der Waals surface area contributed by atoms with Gasteiger partial charge in [-0.3, -0.25) is 0 Å². The predicted molar refractivity (Wildman–Crippen MR) is 67.1 cm³/mol. The van der Waals surface area contributed by atoms with E-state index in [2.05, 4.69) is 6.92 Å². The second kappa shape index (κ2) is 5.22. The molecule has 0 spiro atoms. The Morgan fingerprint density at radius 3 is 3.00 bits per heavy atom. The van der Waals surface area contributed by atoms with E-state index in [1.165, 1.54) is 12.8 Å². The fourth-order valence-corrected chi connectivity index (χ4v) is 2.33. The summed E-state index contributed by atoms with van der Waals surface area (Å²) in [5, 5.41) is 10.4. The molecule has 1 aromatic rings. The monoisotopic (exact) mass is 238 g/mol. The van der Waals surface area contributed by atoms with E-state index < -0.39 is 7.12 Å². The van der Waals surface area contributed by atoms with E-state index in [0.29, 0.717) is 6.61 Å². The van der Waals surface area contributed by atoms with Crippen LogP contribution in [0.3, 0.4) is 0 Å². The number of rotatable bonds is 4. The first-order valence-corrected chi connectivity index (χ1v) is 6.21. The van der Waals surface area contributed by atoms with E-state index in [9.17, 15) is 5.02 Å². The maximum Gasteiger partial charge on any atom is 0.491 e. The second-order valence-corrected chi connectivity index (χ2v) is 4.67. The van der Waals surface area contributed by atoms with Gasteiger partial charge in [-0.1, -0.05) is 37.4 Å². The highest BCUT2D eigenvalue weighted by Gasteiger charge is 2.28. The molecule has 1 N–H and O–H groups in total. The van der Waals surface area contributed by atoms with E-state index in [1.807, 2.05) is 12.1 Å². The van der Waals surface area contributed by atoms with Crippen LogP contribution in [0, 0.1) is 0 Å². The highest BCUT2D eigenvalue weighted by Crippen LogP contribution is 2.22. The standard InChI is InChI=1S/C12H16BClO2/c1-2-3-4-5-9-6-11-10(7-12(9)14)8-16-13(11)15/h6-7,15H,2-5,8H2,1H3. The average Bonchev–Trinajstić information content (AvgIpc) is 2.61. The molecule has 1 aromatic carbocycles. The van der Waals surface area contributed by atoms with E-state index in [-0.39, 0.29) is 0 Å². The first-order valence-electron chi connectivity index (χ1n) is 5.83. The van der Waals surface area contributed by atoms with E-state index in [4.69, 9.17) is 16.3 Å². The zero-order valence-electron chi connectivity index (χ0n) is 9.50. The van der Waals surface area contributed by atoms with Crippen molar-refractivity contribution < 1.29 is 9.68 Å². The van der Waals surface area contributed by atoms with Crippen molar-refractivity contribution in [2.24, 2.45) is 0 Å². The van der Waals surface area contributed by atoms with Gasteiger partial charge in [0, 0.05) is 5.02 Å². The fraction of sp³-hybridized carbons (Fsp3) is 0.500. The number of unbranched alkanes of at least 4 members (excludes halogenated alkanes) is 2. The van der Waals surface area contributed by atoms with Crippen molar-refractivity contribution in [2.75, 3.05) is 0 Å². The Morgan fingerprint density at radius 1 is 1.44 bits per heavy atom. The molecule has 0 aliphatic carbocycles.